The van der Waals surface area contributed by atoms with Gasteiger partial charge in [0.25, 0.3) is 5.91 Å². The lowest BCUT2D eigenvalue weighted by Gasteiger charge is -2.54. The zero-order valence-electron chi connectivity index (χ0n) is 22.2. The van der Waals surface area contributed by atoms with E-state index in [1.165, 1.54) is 30.5 Å². The van der Waals surface area contributed by atoms with E-state index in [1.54, 1.807) is 36.2 Å². The molecule has 2 aromatic carbocycles. The average Bonchev–Trinajstić information content (AvgIpc) is 3.19. The number of amides is 1. The number of carbonyl (C=O) groups is 2. The number of hydrazone groups is 1. The first-order chi connectivity index (χ1) is 18.4. The van der Waals surface area contributed by atoms with Gasteiger partial charge in [-0.25, -0.2) is 4.79 Å². The minimum Gasteiger partial charge on any atom is -0.462 e. The molecular formula is C30H35BrN4O3. The third kappa shape index (κ3) is 4.16. The Kier molecular flexibility index (Phi) is 6.80. The largest absolute Gasteiger partial charge is 0.462 e. The molecule has 0 unspecified atom stereocenters. The van der Waals surface area contributed by atoms with Crippen molar-refractivity contribution < 1.29 is 14.3 Å². The highest BCUT2D eigenvalue weighted by Gasteiger charge is 2.60. The summed E-state index contributed by atoms with van der Waals surface area (Å²) in [6.45, 7) is 7.40. The number of ether oxygens (including phenoxy) is 1. The van der Waals surface area contributed by atoms with Crippen LogP contribution in [-0.2, 0) is 16.0 Å². The number of benzene rings is 2. The van der Waals surface area contributed by atoms with Crippen molar-refractivity contribution in [3.63, 3.8) is 0 Å². The fourth-order valence-corrected chi connectivity index (χ4v) is 7.46. The first-order valence-corrected chi connectivity index (χ1v) is 14.7. The molecule has 0 radical (unpaired) electrons. The molecule has 4 aliphatic rings. The number of hydrogen-bond donors (Lipinski definition) is 0. The highest BCUT2D eigenvalue weighted by atomic mass is 79.9. The highest BCUT2D eigenvalue weighted by Crippen LogP contribution is 2.50. The van der Waals surface area contributed by atoms with Crippen molar-refractivity contribution in [1.82, 2.24) is 4.90 Å². The van der Waals surface area contributed by atoms with Gasteiger partial charge in [0, 0.05) is 22.7 Å². The molecule has 7 nitrogen and oxygen atoms in total. The van der Waals surface area contributed by atoms with Crippen molar-refractivity contribution in [2.24, 2.45) is 10.5 Å². The van der Waals surface area contributed by atoms with Crippen LogP contribution in [0.25, 0.3) is 0 Å². The molecule has 1 spiro atoms. The fraction of sp³-hybridized carbons (Fsp3) is 0.500. The Morgan fingerprint density at radius 1 is 1.11 bits per heavy atom. The van der Waals surface area contributed by atoms with Crippen LogP contribution in [0.4, 0.5) is 11.4 Å². The lowest BCUT2D eigenvalue weighted by atomic mass is 9.65. The molecule has 3 atom stereocenters. The van der Waals surface area contributed by atoms with E-state index < -0.39 is 5.41 Å². The van der Waals surface area contributed by atoms with Gasteiger partial charge in [0.05, 0.1) is 29.6 Å². The van der Waals surface area contributed by atoms with Crippen molar-refractivity contribution in [3.8, 4) is 0 Å². The average molecular weight is 580 g/mol. The molecule has 8 heteroatoms. The summed E-state index contributed by atoms with van der Waals surface area (Å²) in [5.74, 6) is -0.335. The normalized spacial score (nSPS) is 27.2. The molecule has 0 bridgehead atoms. The smallest absolute Gasteiger partial charge is 0.338 e. The second kappa shape index (κ2) is 10.1. The predicted octanol–water partition coefficient (Wildman–Crippen LogP) is 5.41. The van der Waals surface area contributed by atoms with Gasteiger partial charge in [-0.05, 0) is 107 Å². The molecular weight excluding hydrogens is 544 g/mol. The van der Waals surface area contributed by atoms with Gasteiger partial charge in [-0.15, -0.1) is 0 Å². The molecule has 0 aliphatic carbocycles. The molecule has 2 saturated heterocycles. The Balaban J connectivity index is 1.36. The Labute approximate surface area is 232 Å². The zero-order chi connectivity index (χ0) is 26.4. The Hall–Kier alpha value is -2.71. The van der Waals surface area contributed by atoms with Gasteiger partial charge >= 0.3 is 5.97 Å². The molecule has 6 rings (SSSR count). The summed E-state index contributed by atoms with van der Waals surface area (Å²) >= 11 is 3.66. The van der Waals surface area contributed by atoms with E-state index in [4.69, 9.17) is 9.84 Å². The lowest BCUT2D eigenvalue weighted by molar-refractivity contribution is -0.125. The van der Waals surface area contributed by atoms with Crippen LogP contribution in [0.1, 0.15) is 61.9 Å². The standard InChI is InChI=1S/C30H35BrN4O3/c1-3-38-28(36)21-7-10-24(11-8-21)35-29(37)30(20(2)32-35)19-22-17-23(31)9-12-26(22)34-16-13-25(18-27(30)34)33-14-5-4-6-15-33/h7-12,17,25,27H,3-6,13-16,18-19H2,1-2H3/t25-,27-,30-/m1/s1. The van der Waals surface area contributed by atoms with Crippen LogP contribution in [0.2, 0.25) is 0 Å². The van der Waals surface area contributed by atoms with Gasteiger partial charge < -0.3 is 14.5 Å². The number of hydrogen-bond acceptors (Lipinski definition) is 6. The molecule has 1 amide bonds. The van der Waals surface area contributed by atoms with Crippen LogP contribution < -0.4 is 9.91 Å². The second-order valence-corrected chi connectivity index (χ2v) is 11.9. The topological polar surface area (TPSA) is 65.5 Å². The first-order valence-electron chi connectivity index (χ1n) is 13.9. The van der Waals surface area contributed by atoms with E-state index in [2.05, 4.69) is 43.9 Å². The molecule has 0 aromatic heterocycles. The number of anilines is 2. The van der Waals surface area contributed by atoms with Gasteiger partial charge in [-0.2, -0.15) is 10.1 Å². The SMILES string of the molecule is CCOC(=O)c1ccc(N2N=C(C)[C@@]3(Cc4cc(Br)ccc4N4CC[C@@H](N5CCCCC5)C[C@@H]43)C2=O)cc1. The van der Waals surface area contributed by atoms with Gasteiger partial charge in [0.2, 0.25) is 0 Å². The third-order valence-electron chi connectivity index (χ3n) is 8.96. The number of rotatable bonds is 4. The summed E-state index contributed by atoms with van der Waals surface area (Å²) in [5, 5.41) is 6.45. The van der Waals surface area contributed by atoms with Gasteiger partial charge in [0.15, 0.2) is 0 Å². The van der Waals surface area contributed by atoms with Crippen LogP contribution in [0, 0.1) is 5.41 Å². The zero-order valence-corrected chi connectivity index (χ0v) is 23.7. The number of nitrogens with zero attached hydrogens (tertiary/aromatic N) is 4. The second-order valence-electron chi connectivity index (χ2n) is 11.0. The van der Waals surface area contributed by atoms with Gasteiger partial charge in [-0.3, -0.25) is 4.79 Å². The quantitative estimate of drug-likeness (QED) is 0.453. The van der Waals surface area contributed by atoms with Gasteiger partial charge in [0.1, 0.15) is 5.41 Å². The highest BCUT2D eigenvalue weighted by molar-refractivity contribution is 9.10. The Morgan fingerprint density at radius 3 is 2.61 bits per heavy atom. The van der Waals surface area contributed by atoms with E-state index in [0.717, 1.165) is 42.7 Å². The van der Waals surface area contributed by atoms with Crippen LogP contribution in [0.3, 0.4) is 0 Å². The Morgan fingerprint density at radius 2 is 1.87 bits per heavy atom. The summed E-state index contributed by atoms with van der Waals surface area (Å²) in [5.41, 5.74) is 3.73. The van der Waals surface area contributed by atoms with Crippen molar-refractivity contribution in [2.45, 2.75) is 64.5 Å². The maximum atomic E-state index is 14.5. The number of halogens is 1. The van der Waals surface area contributed by atoms with Crippen molar-refractivity contribution in [2.75, 3.05) is 36.1 Å². The summed E-state index contributed by atoms with van der Waals surface area (Å²) in [4.78, 5) is 31.8. The van der Waals surface area contributed by atoms with Crippen LogP contribution in [-0.4, -0.2) is 60.8 Å². The number of carbonyl (C=O) groups excluding carboxylic acids is 2. The number of piperidine rings is 2. The van der Waals surface area contributed by atoms with E-state index >= 15 is 0 Å². The van der Waals surface area contributed by atoms with Gasteiger partial charge in [-0.1, -0.05) is 22.4 Å². The minimum absolute atomic E-state index is 0.0267. The number of esters is 1. The number of likely N-dealkylation sites (tertiary alicyclic amines) is 1. The maximum absolute atomic E-state index is 14.5. The Bertz CT molecular complexity index is 1270. The molecule has 38 heavy (non-hydrogen) atoms. The molecule has 4 aliphatic heterocycles. The summed E-state index contributed by atoms with van der Waals surface area (Å²) in [6, 6.07) is 14.0. The van der Waals surface area contributed by atoms with Crippen molar-refractivity contribution >= 4 is 44.9 Å². The summed E-state index contributed by atoms with van der Waals surface area (Å²) in [6.07, 6.45) is 6.57. The van der Waals surface area contributed by atoms with Crippen LogP contribution >= 0.6 is 15.9 Å². The maximum Gasteiger partial charge on any atom is 0.338 e. The fourth-order valence-electron chi connectivity index (χ4n) is 7.06. The predicted molar refractivity (Wildman–Crippen MR) is 153 cm³/mol. The van der Waals surface area contributed by atoms with E-state index in [1.807, 2.05) is 6.92 Å². The van der Waals surface area contributed by atoms with Crippen molar-refractivity contribution in [3.05, 3.63) is 58.1 Å². The van der Waals surface area contributed by atoms with Crippen LogP contribution in [0.15, 0.2) is 52.0 Å². The molecule has 2 fully saturated rings. The van der Waals surface area contributed by atoms with E-state index in [9.17, 15) is 9.59 Å². The molecule has 2 aromatic rings. The molecule has 4 heterocycles. The summed E-state index contributed by atoms with van der Waals surface area (Å²) < 4.78 is 6.15. The molecule has 0 saturated carbocycles. The molecule has 0 N–H and O–H groups in total. The van der Waals surface area contributed by atoms with Crippen molar-refractivity contribution in [1.29, 1.82) is 0 Å². The minimum atomic E-state index is -0.720. The summed E-state index contributed by atoms with van der Waals surface area (Å²) in [7, 11) is 0. The third-order valence-corrected chi connectivity index (χ3v) is 9.46. The first kappa shape index (κ1) is 25.6. The monoisotopic (exact) mass is 578 g/mol. The lowest BCUT2D eigenvalue weighted by Crippen LogP contribution is -2.64. The van der Waals surface area contributed by atoms with Crippen LogP contribution in [0.5, 0.6) is 0 Å². The van der Waals surface area contributed by atoms with E-state index in [0.29, 0.717) is 30.3 Å². The van der Waals surface area contributed by atoms with E-state index in [-0.39, 0.29) is 17.9 Å². The number of fused-ring (bicyclic) bond motifs is 4. The molecule has 200 valence electrons.